The molecule has 0 aliphatic rings. The van der Waals surface area contributed by atoms with Crippen molar-refractivity contribution in [1.82, 2.24) is 0 Å². The average Bonchev–Trinajstić information content (AvgIpc) is 2.75. The second-order valence-corrected chi connectivity index (χ2v) is 6.78. The van der Waals surface area contributed by atoms with Crippen LogP contribution in [0.1, 0.15) is 19.4 Å². The third-order valence-corrected chi connectivity index (χ3v) is 6.38. The minimum absolute atomic E-state index is 0.0932. The number of carbonyl (C=O) groups excluding carboxylic acids is 1. The maximum Gasteiger partial charge on any atom is 0.214 e. The molecule has 15 heavy (non-hydrogen) atoms. The topological polar surface area (TPSA) is 17.1 Å². The zero-order chi connectivity index (χ0) is 11.0. The van der Waals surface area contributed by atoms with E-state index in [9.17, 15) is 4.79 Å². The van der Waals surface area contributed by atoms with Crippen molar-refractivity contribution in [2.75, 3.05) is 0 Å². The van der Waals surface area contributed by atoms with Crippen LogP contribution in [0.4, 0.5) is 0 Å². The summed E-state index contributed by atoms with van der Waals surface area (Å²) in [6, 6.07) is 3.84. The van der Waals surface area contributed by atoms with Gasteiger partial charge < -0.3 is 0 Å². The molecule has 1 nitrogen and oxygen atoms in total. The maximum absolute atomic E-state index is 12.1. The Balaban J connectivity index is 2.41. The number of hydrogen-bond donors (Lipinski definition) is 0. The lowest BCUT2D eigenvalue weighted by molar-refractivity contribution is 0.104. The molecule has 5 heteroatoms. The monoisotopic (exact) mass is 364 g/mol. The van der Waals surface area contributed by atoms with E-state index < -0.39 is 0 Å². The molecule has 0 saturated carbocycles. The van der Waals surface area contributed by atoms with E-state index in [1.54, 1.807) is 0 Å². The Labute approximate surface area is 112 Å². The van der Waals surface area contributed by atoms with Crippen molar-refractivity contribution in [3.63, 3.8) is 0 Å². The highest BCUT2D eigenvalue weighted by atomic mass is 79.9. The molecule has 0 spiro atoms. The molecular formula is C10H6Br2OS2. The lowest BCUT2D eigenvalue weighted by Gasteiger charge is -1.94. The van der Waals surface area contributed by atoms with Crippen molar-refractivity contribution in [2.45, 2.75) is 6.92 Å². The van der Waals surface area contributed by atoms with Crippen molar-refractivity contribution >= 4 is 60.3 Å². The Bertz CT molecular complexity index is 513. The van der Waals surface area contributed by atoms with E-state index in [4.69, 9.17) is 0 Å². The van der Waals surface area contributed by atoms with Gasteiger partial charge in [0.15, 0.2) is 0 Å². The van der Waals surface area contributed by atoms with Crippen LogP contribution in [0.25, 0.3) is 0 Å². The van der Waals surface area contributed by atoms with Gasteiger partial charge in [-0.1, -0.05) is 0 Å². The smallest absolute Gasteiger partial charge is 0.214 e. The molecule has 0 aromatic carbocycles. The van der Waals surface area contributed by atoms with Crippen molar-refractivity contribution < 1.29 is 4.79 Å². The molecule has 0 aliphatic carbocycles. The van der Waals surface area contributed by atoms with Crippen LogP contribution in [0.3, 0.4) is 0 Å². The van der Waals surface area contributed by atoms with E-state index in [2.05, 4.69) is 31.9 Å². The predicted octanol–water partition coefficient (Wildman–Crippen LogP) is 4.87. The first-order valence-corrected chi connectivity index (χ1v) is 7.41. The van der Waals surface area contributed by atoms with Crippen LogP contribution in [0.5, 0.6) is 0 Å². The fourth-order valence-corrected chi connectivity index (χ4v) is 4.13. The average molecular weight is 366 g/mol. The van der Waals surface area contributed by atoms with Gasteiger partial charge >= 0.3 is 0 Å². The summed E-state index contributed by atoms with van der Waals surface area (Å²) in [5.41, 5.74) is 0. The highest BCUT2D eigenvalue weighted by Crippen LogP contribution is 2.34. The molecule has 0 bridgehead atoms. The lowest BCUT2D eigenvalue weighted by Crippen LogP contribution is -1.95. The number of rotatable bonds is 2. The van der Waals surface area contributed by atoms with Gasteiger partial charge in [0.25, 0.3) is 0 Å². The third kappa shape index (κ3) is 2.25. The highest BCUT2D eigenvalue weighted by Gasteiger charge is 2.17. The van der Waals surface area contributed by atoms with E-state index in [1.807, 2.05) is 24.4 Å². The third-order valence-electron chi connectivity index (χ3n) is 1.86. The molecule has 2 rings (SSSR count). The molecule has 0 fully saturated rings. The fraction of sp³-hybridized carbons (Fsp3) is 0.100. The van der Waals surface area contributed by atoms with Crippen molar-refractivity contribution in [1.29, 1.82) is 0 Å². The summed E-state index contributed by atoms with van der Waals surface area (Å²) in [4.78, 5) is 14.8. The first-order chi connectivity index (χ1) is 7.09. The van der Waals surface area contributed by atoms with E-state index in [1.165, 1.54) is 22.7 Å². The van der Waals surface area contributed by atoms with Gasteiger partial charge in [0.1, 0.15) is 0 Å². The summed E-state index contributed by atoms with van der Waals surface area (Å²) in [7, 11) is 0. The Morgan fingerprint density at radius 2 is 2.07 bits per heavy atom. The summed E-state index contributed by atoms with van der Waals surface area (Å²) < 4.78 is 1.78. The number of ketones is 1. The van der Waals surface area contributed by atoms with E-state index in [0.29, 0.717) is 0 Å². The summed E-state index contributed by atoms with van der Waals surface area (Å²) in [5.74, 6) is 0.0932. The molecule has 0 saturated heterocycles. The predicted molar refractivity (Wildman–Crippen MR) is 72.2 cm³/mol. The molecule has 0 N–H and O–H groups in total. The molecule has 2 heterocycles. The normalized spacial score (nSPS) is 10.6. The minimum atomic E-state index is 0.0932. The van der Waals surface area contributed by atoms with Crippen LogP contribution in [0, 0.1) is 6.92 Å². The second kappa shape index (κ2) is 4.49. The molecule has 0 unspecified atom stereocenters. The number of thiophene rings is 2. The summed E-state index contributed by atoms with van der Waals surface area (Å²) in [6.45, 7) is 2.00. The molecule has 0 amide bonds. The Morgan fingerprint density at radius 3 is 2.53 bits per heavy atom. The number of carbonyl (C=O) groups is 1. The first-order valence-electron chi connectivity index (χ1n) is 4.13. The largest absolute Gasteiger partial charge is 0.287 e. The fourth-order valence-electron chi connectivity index (χ4n) is 1.14. The van der Waals surface area contributed by atoms with Crippen LogP contribution in [-0.2, 0) is 0 Å². The van der Waals surface area contributed by atoms with Crippen LogP contribution in [-0.4, -0.2) is 5.78 Å². The van der Waals surface area contributed by atoms with E-state index in [-0.39, 0.29) is 5.78 Å². The Morgan fingerprint density at radius 1 is 1.33 bits per heavy atom. The maximum atomic E-state index is 12.1. The number of hydrogen-bond acceptors (Lipinski definition) is 3. The van der Waals surface area contributed by atoms with Crippen LogP contribution >= 0.6 is 54.5 Å². The summed E-state index contributed by atoms with van der Waals surface area (Å²) in [5, 5.41) is 1.91. The van der Waals surface area contributed by atoms with Gasteiger partial charge in [-0.05, 0) is 50.9 Å². The lowest BCUT2D eigenvalue weighted by atomic mass is 10.3. The zero-order valence-corrected chi connectivity index (χ0v) is 12.5. The number of aryl methyl sites for hydroxylation is 1. The van der Waals surface area contributed by atoms with Crippen molar-refractivity contribution in [3.8, 4) is 0 Å². The minimum Gasteiger partial charge on any atom is -0.287 e. The second-order valence-electron chi connectivity index (χ2n) is 2.97. The summed E-state index contributed by atoms with van der Waals surface area (Å²) >= 11 is 9.76. The van der Waals surface area contributed by atoms with Gasteiger partial charge in [-0.3, -0.25) is 4.79 Å². The van der Waals surface area contributed by atoms with Gasteiger partial charge in [0.2, 0.25) is 5.78 Å². The zero-order valence-electron chi connectivity index (χ0n) is 7.71. The van der Waals surface area contributed by atoms with Crippen LogP contribution in [0.15, 0.2) is 26.5 Å². The van der Waals surface area contributed by atoms with Gasteiger partial charge in [-0.15, -0.1) is 22.7 Å². The van der Waals surface area contributed by atoms with Gasteiger partial charge in [-0.25, -0.2) is 0 Å². The van der Waals surface area contributed by atoms with Gasteiger partial charge in [-0.2, -0.15) is 0 Å². The molecule has 0 aliphatic heterocycles. The first kappa shape index (κ1) is 11.5. The van der Waals surface area contributed by atoms with Crippen LogP contribution in [0.2, 0.25) is 0 Å². The van der Waals surface area contributed by atoms with Crippen LogP contribution < -0.4 is 0 Å². The summed E-state index contributed by atoms with van der Waals surface area (Å²) in [6.07, 6.45) is 0. The molecule has 0 atom stereocenters. The van der Waals surface area contributed by atoms with E-state index in [0.717, 1.165) is 23.6 Å². The number of halogens is 2. The van der Waals surface area contributed by atoms with Gasteiger partial charge in [0.05, 0.1) is 14.2 Å². The highest BCUT2D eigenvalue weighted by molar-refractivity contribution is 9.13. The standard InChI is InChI=1S/C10H6Br2OS2/c1-5-2-3-7(15-5)9(13)10-8(12)6(11)4-14-10/h2-4H,1H3. The Kier molecular flexibility index (Phi) is 3.45. The molecule has 2 aromatic heterocycles. The molecule has 0 radical (unpaired) electrons. The molecule has 2 aromatic rings. The molecule has 78 valence electrons. The Hall–Kier alpha value is 0.0300. The molecular weight excluding hydrogens is 360 g/mol. The van der Waals surface area contributed by atoms with Gasteiger partial charge in [0, 0.05) is 14.7 Å². The van der Waals surface area contributed by atoms with Crippen molar-refractivity contribution in [3.05, 3.63) is 41.1 Å². The van der Waals surface area contributed by atoms with E-state index >= 15 is 0 Å². The SMILES string of the molecule is Cc1ccc(C(=O)c2scc(Br)c2Br)s1. The van der Waals surface area contributed by atoms with Crippen molar-refractivity contribution in [2.24, 2.45) is 0 Å². The quantitative estimate of drug-likeness (QED) is 0.693.